The molecule has 102 valence electrons. The Hall–Kier alpha value is -1.03. The quantitative estimate of drug-likeness (QED) is 0.755. The predicted molar refractivity (Wildman–Crippen MR) is 65.1 cm³/mol. The van der Waals surface area contributed by atoms with Crippen molar-refractivity contribution in [2.24, 2.45) is 0 Å². The fourth-order valence-electron chi connectivity index (χ4n) is 1.26. The van der Waals surface area contributed by atoms with E-state index in [1.165, 1.54) is 19.7 Å². The molecular formula is C9H14N2O5S2. The lowest BCUT2D eigenvalue weighted by molar-refractivity contribution is 0.0590. The zero-order valence-corrected chi connectivity index (χ0v) is 11.8. The molecule has 0 spiro atoms. The van der Waals surface area contributed by atoms with Crippen LogP contribution in [0.4, 0.5) is 0 Å². The first kappa shape index (κ1) is 15.0. The topological polar surface area (TPSA) is 94.6 Å². The Morgan fingerprint density at radius 2 is 2.22 bits per heavy atom. The highest BCUT2D eigenvalue weighted by molar-refractivity contribution is 7.91. The van der Waals surface area contributed by atoms with Crippen molar-refractivity contribution >= 4 is 27.3 Å². The molecule has 0 bridgehead atoms. The summed E-state index contributed by atoms with van der Waals surface area (Å²) in [6.45, 7) is 1.88. The Morgan fingerprint density at radius 3 is 2.78 bits per heavy atom. The lowest BCUT2D eigenvalue weighted by Crippen LogP contribution is -2.35. The number of methoxy groups -OCH3 is 2. The van der Waals surface area contributed by atoms with Crippen molar-refractivity contribution in [1.82, 2.24) is 9.71 Å². The zero-order chi connectivity index (χ0) is 13.8. The molecular weight excluding hydrogens is 280 g/mol. The smallest absolute Gasteiger partial charge is 0.358 e. The number of carbonyl (C=O) groups is 1. The van der Waals surface area contributed by atoms with Crippen LogP contribution in [0.3, 0.4) is 0 Å². The molecule has 1 rings (SSSR count). The zero-order valence-electron chi connectivity index (χ0n) is 10.2. The van der Waals surface area contributed by atoms with E-state index in [9.17, 15) is 13.2 Å². The molecule has 0 aliphatic heterocycles. The maximum atomic E-state index is 12.0. The van der Waals surface area contributed by atoms with Gasteiger partial charge in [0, 0.05) is 13.2 Å². The van der Waals surface area contributed by atoms with Crippen molar-refractivity contribution in [3.63, 3.8) is 0 Å². The number of thiazole rings is 1. The number of hydrogen-bond donors (Lipinski definition) is 1. The minimum atomic E-state index is -3.80. The van der Waals surface area contributed by atoms with E-state index >= 15 is 0 Å². The van der Waals surface area contributed by atoms with Gasteiger partial charge in [0.25, 0.3) is 10.0 Å². The van der Waals surface area contributed by atoms with Gasteiger partial charge in [-0.25, -0.2) is 22.9 Å². The highest BCUT2D eigenvalue weighted by Crippen LogP contribution is 2.20. The van der Waals surface area contributed by atoms with Crippen LogP contribution in [0.2, 0.25) is 0 Å². The number of carbonyl (C=O) groups excluding carboxylic acids is 1. The average Bonchev–Trinajstić information content (AvgIpc) is 2.77. The minimum absolute atomic E-state index is 0.155. The van der Waals surface area contributed by atoms with Crippen LogP contribution in [-0.2, 0) is 19.5 Å². The predicted octanol–water partition coefficient (Wildman–Crippen LogP) is 0.243. The van der Waals surface area contributed by atoms with Crippen LogP contribution in [0.1, 0.15) is 17.4 Å². The molecule has 1 atom stereocenters. The molecule has 0 amide bonds. The molecule has 1 N–H and O–H groups in total. The summed E-state index contributed by atoms with van der Waals surface area (Å²) in [6, 6.07) is -0.410. The number of hydrogen-bond acceptors (Lipinski definition) is 7. The van der Waals surface area contributed by atoms with E-state index in [0.717, 1.165) is 11.3 Å². The minimum Gasteiger partial charge on any atom is -0.464 e. The van der Waals surface area contributed by atoms with E-state index in [1.807, 2.05) is 0 Å². The number of nitrogens with zero attached hydrogens (tertiary/aromatic N) is 1. The molecule has 0 fully saturated rings. The van der Waals surface area contributed by atoms with Gasteiger partial charge in [-0.1, -0.05) is 0 Å². The van der Waals surface area contributed by atoms with E-state index in [1.54, 1.807) is 6.92 Å². The highest BCUT2D eigenvalue weighted by Gasteiger charge is 2.27. The van der Waals surface area contributed by atoms with Crippen molar-refractivity contribution in [2.75, 3.05) is 20.8 Å². The van der Waals surface area contributed by atoms with Gasteiger partial charge >= 0.3 is 5.97 Å². The fourth-order valence-corrected chi connectivity index (χ4v) is 3.64. The fraction of sp³-hybridized carbons (Fsp3) is 0.556. The van der Waals surface area contributed by atoms with Crippen molar-refractivity contribution in [1.29, 1.82) is 0 Å². The largest absolute Gasteiger partial charge is 0.464 e. The molecule has 1 heterocycles. The molecule has 0 aliphatic rings. The number of ether oxygens (including phenoxy) is 2. The van der Waals surface area contributed by atoms with Crippen LogP contribution in [-0.4, -0.2) is 46.2 Å². The Balaban J connectivity index is 2.99. The number of nitrogens with one attached hydrogen (secondary N) is 1. The highest BCUT2D eigenvalue weighted by atomic mass is 32.2. The van der Waals surface area contributed by atoms with Gasteiger partial charge < -0.3 is 9.47 Å². The van der Waals surface area contributed by atoms with Gasteiger partial charge in [0.1, 0.15) is 0 Å². The third kappa shape index (κ3) is 3.48. The van der Waals surface area contributed by atoms with Crippen LogP contribution < -0.4 is 4.72 Å². The second-order valence-electron chi connectivity index (χ2n) is 3.46. The summed E-state index contributed by atoms with van der Waals surface area (Å²) in [6.07, 6.45) is 0. The third-order valence-electron chi connectivity index (χ3n) is 1.93. The molecule has 9 heteroatoms. The molecule has 7 nitrogen and oxygen atoms in total. The van der Waals surface area contributed by atoms with Gasteiger partial charge in [0.15, 0.2) is 9.90 Å². The van der Waals surface area contributed by atoms with E-state index in [2.05, 4.69) is 14.4 Å². The number of sulfonamides is 1. The van der Waals surface area contributed by atoms with E-state index in [-0.39, 0.29) is 16.5 Å². The van der Waals surface area contributed by atoms with Crippen LogP contribution in [0.25, 0.3) is 0 Å². The van der Waals surface area contributed by atoms with Gasteiger partial charge in [0.2, 0.25) is 0 Å². The number of rotatable bonds is 6. The van der Waals surface area contributed by atoms with Crippen molar-refractivity contribution in [2.45, 2.75) is 17.2 Å². The summed E-state index contributed by atoms with van der Waals surface area (Å²) >= 11 is 0.857. The second kappa shape index (κ2) is 6.23. The van der Waals surface area contributed by atoms with Crippen molar-refractivity contribution < 1.29 is 22.7 Å². The maximum absolute atomic E-state index is 12.0. The molecule has 0 aliphatic carbocycles. The third-order valence-corrected chi connectivity index (χ3v) is 4.89. The number of esters is 1. The van der Waals surface area contributed by atoms with E-state index < -0.39 is 22.0 Å². The van der Waals surface area contributed by atoms with Crippen LogP contribution in [0, 0.1) is 0 Å². The SMILES string of the molecule is COCC(C)NS(=O)(=O)c1scnc1C(=O)OC. The van der Waals surface area contributed by atoms with Crippen LogP contribution in [0.5, 0.6) is 0 Å². The van der Waals surface area contributed by atoms with Gasteiger partial charge in [0.05, 0.1) is 19.2 Å². The van der Waals surface area contributed by atoms with E-state index in [0.29, 0.717) is 0 Å². The summed E-state index contributed by atoms with van der Waals surface area (Å²) in [5.41, 5.74) is 1.07. The summed E-state index contributed by atoms with van der Waals surface area (Å²) in [5.74, 6) is -0.781. The monoisotopic (exact) mass is 294 g/mol. The molecule has 1 aromatic heterocycles. The first-order valence-corrected chi connectivity index (χ1v) is 7.31. The molecule has 0 radical (unpaired) electrons. The first-order valence-electron chi connectivity index (χ1n) is 4.95. The molecule has 1 unspecified atom stereocenters. The van der Waals surface area contributed by atoms with E-state index in [4.69, 9.17) is 4.74 Å². The Bertz CT molecular complexity index is 511. The van der Waals surface area contributed by atoms with Crippen molar-refractivity contribution in [3.05, 3.63) is 11.2 Å². The van der Waals surface area contributed by atoms with Gasteiger partial charge in [-0.15, -0.1) is 11.3 Å². The lowest BCUT2D eigenvalue weighted by Gasteiger charge is -2.12. The lowest BCUT2D eigenvalue weighted by atomic mass is 10.4. The van der Waals surface area contributed by atoms with Crippen LogP contribution >= 0.6 is 11.3 Å². The Kier molecular flexibility index (Phi) is 5.20. The normalized spacial score (nSPS) is 13.3. The van der Waals surface area contributed by atoms with Gasteiger partial charge in [-0.2, -0.15) is 0 Å². The molecule has 0 saturated carbocycles. The van der Waals surface area contributed by atoms with Crippen molar-refractivity contribution in [3.8, 4) is 0 Å². The first-order chi connectivity index (χ1) is 8.42. The Morgan fingerprint density at radius 1 is 1.56 bits per heavy atom. The van der Waals surface area contributed by atoms with Crippen LogP contribution in [0.15, 0.2) is 9.72 Å². The summed E-state index contributed by atoms with van der Waals surface area (Å²) in [7, 11) is -1.16. The molecule has 0 saturated heterocycles. The molecule has 1 aromatic rings. The molecule has 18 heavy (non-hydrogen) atoms. The maximum Gasteiger partial charge on any atom is 0.358 e. The Labute approximate surface area is 109 Å². The van der Waals surface area contributed by atoms with Gasteiger partial charge in [-0.05, 0) is 6.92 Å². The number of aromatic nitrogens is 1. The summed E-state index contributed by atoms with van der Waals surface area (Å²) < 4.78 is 35.6. The summed E-state index contributed by atoms with van der Waals surface area (Å²) in [4.78, 5) is 15.1. The second-order valence-corrected chi connectivity index (χ2v) is 6.22. The molecule has 0 aromatic carbocycles. The standard InChI is InChI=1S/C9H14N2O5S2/c1-6(4-15-2)11-18(13,14)9-7(8(12)16-3)10-5-17-9/h5-6,11H,4H2,1-3H3. The average molecular weight is 294 g/mol. The van der Waals surface area contributed by atoms with Gasteiger partial charge in [-0.3, -0.25) is 0 Å². The summed E-state index contributed by atoms with van der Waals surface area (Å²) in [5, 5.41) is 0.